The average Bonchev–Trinajstić information content (AvgIpc) is 2.02. The smallest absolute Gasteiger partial charge is 0.283 e. The Morgan fingerprint density at radius 1 is 1.50 bits per heavy atom. The minimum Gasteiger partial charge on any atom is -0.390 e. The molecule has 0 saturated heterocycles. The Bertz CT molecular complexity index is 228. The van der Waals surface area contributed by atoms with E-state index in [-0.39, 0.29) is 0 Å². The van der Waals surface area contributed by atoms with Gasteiger partial charge in [-0.3, -0.25) is 0 Å². The lowest BCUT2D eigenvalue weighted by Crippen LogP contribution is -2.43. The van der Waals surface area contributed by atoms with Crippen molar-refractivity contribution in [2.45, 2.75) is 5.92 Å². The summed E-state index contributed by atoms with van der Waals surface area (Å²) in [6, 6.07) is 0. The normalized spacial score (nSPS) is 13.3. The molecule has 0 rings (SSSR count). The van der Waals surface area contributed by atoms with Crippen molar-refractivity contribution >= 4 is 10.2 Å². The van der Waals surface area contributed by atoms with Gasteiger partial charge in [0.25, 0.3) is 16.1 Å². The van der Waals surface area contributed by atoms with Gasteiger partial charge in [0.2, 0.25) is 0 Å². The van der Waals surface area contributed by atoms with Gasteiger partial charge in [0, 0.05) is 7.05 Å². The van der Waals surface area contributed by atoms with Crippen molar-refractivity contribution in [1.82, 2.24) is 9.44 Å². The number of nitrogens with one attached hydrogen (secondary N) is 2. The van der Waals surface area contributed by atoms with Gasteiger partial charge in [0.15, 0.2) is 0 Å². The molecule has 0 aromatic rings. The maximum absolute atomic E-state index is 12.2. The van der Waals surface area contributed by atoms with Gasteiger partial charge in [0.1, 0.15) is 6.61 Å². The number of aliphatic hydroxyl groups excluding tert-OH is 1. The standard InChI is InChI=1S/C4H10F2N2O3S/c1-7-12(10,11)8-2-4(5,6)3-9/h7-9H,2-3H2,1H3. The summed E-state index contributed by atoms with van der Waals surface area (Å²) in [5.74, 6) is -3.43. The van der Waals surface area contributed by atoms with E-state index in [0.717, 1.165) is 7.05 Å². The lowest BCUT2D eigenvalue weighted by atomic mass is 10.4. The van der Waals surface area contributed by atoms with Crippen LogP contribution < -0.4 is 9.44 Å². The number of hydrogen-bond acceptors (Lipinski definition) is 3. The highest BCUT2D eigenvalue weighted by atomic mass is 32.2. The molecule has 8 heteroatoms. The van der Waals surface area contributed by atoms with Gasteiger partial charge in [-0.05, 0) is 0 Å². The molecule has 0 spiro atoms. The number of hydrogen-bond donors (Lipinski definition) is 3. The first-order valence-corrected chi connectivity index (χ1v) is 4.48. The molecule has 0 fully saturated rings. The molecule has 0 radical (unpaired) electrons. The second-order valence-electron chi connectivity index (χ2n) is 2.04. The summed E-state index contributed by atoms with van der Waals surface area (Å²) in [6.45, 7) is -2.51. The van der Waals surface area contributed by atoms with Crippen LogP contribution in [0, 0.1) is 0 Å². The van der Waals surface area contributed by atoms with Gasteiger partial charge in [-0.1, -0.05) is 0 Å². The lowest BCUT2D eigenvalue weighted by molar-refractivity contribution is -0.0437. The maximum Gasteiger partial charge on any atom is 0.283 e. The zero-order chi connectivity index (χ0) is 9.83. The van der Waals surface area contributed by atoms with Gasteiger partial charge >= 0.3 is 0 Å². The first-order chi connectivity index (χ1) is 5.33. The predicted octanol–water partition coefficient (Wildman–Crippen LogP) is -1.33. The van der Waals surface area contributed by atoms with Crippen molar-refractivity contribution in [1.29, 1.82) is 0 Å². The minimum absolute atomic E-state index is 1.08. The van der Waals surface area contributed by atoms with Crippen LogP contribution >= 0.6 is 0 Å². The molecule has 0 aliphatic rings. The van der Waals surface area contributed by atoms with E-state index in [1.807, 2.05) is 0 Å². The molecule has 0 aromatic heterocycles. The molecule has 0 aliphatic carbocycles. The van der Waals surface area contributed by atoms with Crippen molar-refractivity contribution in [3.05, 3.63) is 0 Å². The Balaban J connectivity index is 4.00. The van der Waals surface area contributed by atoms with E-state index in [1.54, 1.807) is 9.44 Å². The highest BCUT2D eigenvalue weighted by Crippen LogP contribution is 2.09. The summed E-state index contributed by atoms with van der Waals surface area (Å²) < 4.78 is 48.8. The monoisotopic (exact) mass is 204 g/mol. The largest absolute Gasteiger partial charge is 0.390 e. The molecule has 12 heavy (non-hydrogen) atoms. The average molecular weight is 204 g/mol. The third kappa shape index (κ3) is 4.54. The van der Waals surface area contributed by atoms with Gasteiger partial charge < -0.3 is 5.11 Å². The quantitative estimate of drug-likeness (QED) is 0.519. The number of aliphatic hydroxyl groups is 1. The van der Waals surface area contributed by atoms with Crippen LogP contribution in [-0.2, 0) is 10.2 Å². The van der Waals surface area contributed by atoms with E-state index >= 15 is 0 Å². The van der Waals surface area contributed by atoms with Crippen molar-refractivity contribution in [3.8, 4) is 0 Å². The molecular weight excluding hydrogens is 194 g/mol. The number of alkyl halides is 2. The van der Waals surface area contributed by atoms with Crippen LogP contribution in [0.15, 0.2) is 0 Å². The Morgan fingerprint density at radius 2 is 2.00 bits per heavy atom. The van der Waals surface area contributed by atoms with Crippen LogP contribution in [0.25, 0.3) is 0 Å². The van der Waals surface area contributed by atoms with Crippen LogP contribution in [-0.4, -0.2) is 39.6 Å². The fourth-order valence-electron chi connectivity index (χ4n) is 0.329. The van der Waals surface area contributed by atoms with Crippen molar-refractivity contribution in [2.24, 2.45) is 0 Å². The van der Waals surface area contributed by atoms with E-state index < -0.39 is 29.3 Å². The second-order valence-corrected chi connectivity index (χ2v) is 3.75. The minimum atomic E-state index is -3.85. The molecule has 3 N–H and O–H groups in total. The molecule has 0 aromatic carbocycles. The van der Waals surface area contributed by atoms with E-state index in [4.69, 9.17) is 5.11 Å². The van der Waals surface area contributed by atoms with Crippen LogP contribution in [0.3, 0.4) is 0 Å². The summed E-state index contributed by atoms with van der Waals surface area (Å²) >= 11 is 0. The van der Waals surface area contributed by atoms with Crippen LogP contribution in [0.1, 0.15) is 0 Å². The topological polar surface area (TPSA) is 78.4 Å². The van der Waals surface area contributed by atoms with E-state index in [2.05, 4.69) is 0 Å². The van der Waals surface area contributed by atoms with Gasteiger partial charge in [-0.15, -0.1) is 0 Å². The molecule has 0 atom stereocenters. The Morgan fingerprint density at radius 3 is 2.33 bits per heavy atom. The summed E-state index contributed by atoms with van der Waals surface area (Å²) in [5.41, 5.74) is 0. The zero-order valence-corrected chi connectivity index (χ0v) is 7.16. The predicted molar refractivity (Wildman–Crippen MR) is 38.0 cm³/mol. The van der Waals surface area contributed by atoms with E-state index in [1.165, 1.54) is 0 Å². The molecular formula is C4H10F2N2O3S. The zero-order valence-electron chi connectivity index (χ0n) is 6.34. The molecule has 0 heterocycles. The Kier molecular flexibility index (Phi) is 3.97. The third-order valence-electron chi connectivity index (χ3n) is 1.02. The lowest BCUT2D eigenvalue weighted by Gasteiger charge is -2.13. The van der Waals surface area contributed by atoms with E-state index in [9.17, 15) is 17.2 Å². The van der Waals surface area contributed by atoms with Crippen molar-refractivity contribution in [3.63, 3.8) is 0 Å². The van der Waals surface area contributed by atoms with Gasteiger partial charge in [-0.2, -0.15) is 13.1 Å². The van der Waals surface area contributed by atoms with Gasteiger partial charge in [0.05, 0.1) is 6.54 Å². The van der Waals surface area contributed by atoms with Gasteiger partial charge in [-0.25, -0.2) is 13.5 Å². The summed E-state index contributed by atoms with van der Waals surface area (Å²) in [5, 5.41) is 8.06. The van der Waals surface area contributed by atoms with Crippen LogP contribution in [0.4, 0.5) is 8.78 Å². The van der Waals surface area contributed by atoms with Crippen molar-refractivity contribution in [2.75, 3.05) is 20.2 Å². The molecule has 0 aliphatic heterocycles. The van der Waals surface area contributed by atoms with Crippen LogP contribution in [0.2, 0.25) is 0 Å². The second kappa shape index (κ2) is 4.08. The summed E-state index contributed by atoms with van der Waals surface area (Å²) in [6.07, 6.45) is 0. The molecule has 5 nitrogen and oxygen atoms in total. The number of halogens is 2. The SMILES string of the molecule is CNS(=O)(=O)NCC(F)(F)CO. The Hall–Kier alpha value is -0.310. The maximum atomic E-state index is 12.2. The van der Waals surface area contributed by atoms with E-state index in [0.29, 0.717) is 0 Å². The first kappa shape index (κ1) is 11.7. The van der Waals surface area contributed by atoms with Crippen molar-refractivity contribution < 1.29 is 22.3 Å². The molecule has 0 saturated carbocycles. The number of rotatable bonds is 5. The Labute approximate surface area is 69.0 Å². The van der Waals surface area contributed by atoms with Crippen LogP contribution in [0.5, 0.6) is 0 Å². The highest BCUT2D eigenvalue weighted by molar-refractivity contribution is 7.87. The summed E-state index contributed by atoms with van der Waals surface area (Å²) in [4.78, 5) is 0. The molecule has 0 amide bonds. The third-order valence-corrected chi connectivity index (χ3v) is 2.08. The molecule has 0 bridgehead atoms. The molecule has 74 valence electrons. The first-order valence-electron chi connectivity index (χ1n) is 3.00. The fraction of sp³-hybridized carbons (Fsp3) is 1.00. The highest BCUT2D eigenvalue weighted by Gasteiger charge is 2.29. The fourth-order valence-corrected chi connectivity index (χ4v) is 0.874. The summed E-state index contributed by atoms with van der Waals surface area (Å²) in [7, 11) is -2.77. The molecule has 0 unspecified atom stereocenters.